The van der Waals surface area contributed by atoms with Gasteiger partial charge in [0.2, 0.25) is 5.91 Å². The Morgan fingerprint density at radius 1 is 1.33 bits per heavy atom. The van der Waals surface area contributed by atoms with E-state index in [4.69, 9.17) is 16.6 Å². The Bertz CT molecular complexity index is 212. The number of primary amides is 1. The van der Waals surface area contributed by atoms with Gasteiger partial charge in [0.15, 0.2) is 0 Å². The molecular weight excluding hydrogens is 164 g/mol. The predicted octanol–water partition coefficient (Wildman–Crippen LogP) is -1.91. The van der Waals surface area contributed by atoms with E-state index < -0.39 is 29.6 Å². The summed E-state index contributed by atoms with van der Waals surface area (Å²) in [6.07, 6.45) is 0. The van der Waals surface area contributed by atoms with Gasteiger partial charge >= 0.3 is 5.97 Å². The monoisotopic (exact) mass is 174 g/mol. The molecule has 0 aliphatic rings. The highest BCUT2D eigenvalue weighted by molar-refractivity contribution is 6.03. The second-order valence-electron chi connectivity index (χ2n) is 2.35. The molecule has 0 aromatic heterocycles. The summed E-state index contributed by atoms with van der Waals surface area (Å²) in [7, 11) is 0. The number of carbonyl (C=O) groups is 3. The van der Waals surface area contributed by atoms with E-state index in [0.29, 0.717) is 0 Å². The van der Waals surface area contributed by atoms with Crippen LogP contribution in [-0.2, 0) is 14.4 Å². The maximum Gasteiger partial charge on any atom is 0.321 e. The van der Waals surface area contributed by atoms with Gasteiger partial charge in [-0.1, -0.05) is 0 Å². The van der Waals surface area contributed by atoms with Crippen molar-refractivity contribution in [2.75, 3.05) is 0 Å². The number of carboxylic acid groups (broad SMARTS) is 1. The standard InChI is InChI=1S/C6H10N2O4/c1-2(9)3(5(8)10)4(7)6(11)12/h3-4H,7H2,1H3,(H2,8,10)(H,11,12)/t3?,4-/m0/s1. The van der Waals surface area contributed by atoms with Gasteiger partial charge in [0.1, 0.15) is 17.7 Å². The van der Waals surface area contributed by atoms with Crippen LogP contribution < -0.4 is 11.5 Å². The van der Waals surface area contributed by atoms with E-state index in [0.717, 1.165) is 6.92 Å². The van der Waals surface area contributed by atoms with Crippen LogP contribution in [0.4, 0.5) is 0 Å². The average Bonchev–Trinajstić information content (AvgIpc) is 1.85. The Morgan fingerprint density at radius 2 is 1.75 bits per heavy atom. The van der Waals surface area contributed by atoms with Gasteiger partial charge in [0, 0.05) is 0 Å². The zero-order valence-electron chi connectivity index (χ0n) is 6.48. The van der Waals surface area contributed by atoms with Crippen LogP contribution in [0.2, 0.25) is 0 Å². The van der Waals surface area contributed by atoms with Crippen LogP contribution >= 0.6 is 0 Å². The first-order valence-corrected chi connectivity index (χ1v) is 3.16. The zero-order valence-corrected chi connectivity index (χ0v) is 6.48. The summed E-state index contributed by atoms with van der Waals surface area (Å²) in [6.45, 7) is 1.07. The third-order valence-corrected chi connectivity index (χ3v) is 1.39. The van der Waals surface area contributed by atoms with Crippen molar-refractivity contribution in [1.29, 1.82) is 0 Å². The molecule has 1 unspecified atom stereocenters. The van der Waals surface area contributed by atoms with Crippen molar-refractivity contribution in [2.24, 2.45) is 17.4 Å². The number of carboxylic acids is 1. The maximum absolute atomic E-state index is 10.7. The van der Waals surface area contributed by atoms with Gasteiger partial charge in [0.25, 0.3) is 0 Å². The Labute approximate surface area is 68.5 Å². The van der Waals surface area contributed by atoms with Gasteiger partial charge in [-0.2, -0.15) is 0 Å². The second kappa shape index (κ2) is 3.82. The van der Waals surface area contributed by atoms with E-state index in [1.54, 1.807) is 0 Å². The number of aliphatic carboxylic acids is 1. The molecule has 0 aromatic rings. The quantitative estimate of drug-likeness (QED) is 0.429. The van der Waals surface area contributed by atoms with E-state index >= 15 is 0 Å². The number of carbonyl (C=O) groups excluding carboxylic acids is 2. The first-order valence-electron chi connectivity index (χ1n) is 3.16. The van der Waals surface area contributed by atoms with Gasteiger partial charge in [-0.3, -0.25) is 14.4 Å². The molecule has 68 valence electrons. The number of hydrogen-bond donors (Lipinski definition) is 3. The molecule has 0 bridgehead atoms. The topological polar surface area (TPSA) is 123 Å². The average molecular weight is 174 g/mol. The molecule has 6 heteroatoms. The molecule has 0 rings (SSSR count). The lowest BCUT2D eigenvalue weighted by Crippen LogP contribution is -2.47. The van der Waals surface area contributed by atoms with Crippen molar-refractivity contribution in [2.45, 2.75) is 13.0 Å². The summed E-state index contributed by atoms with van der Waals surface area (Å²) in [5.41, 5.74) is 9.81. The number of amides is 1. The van der Waals surface area contributed by atoms with Crippen molar-refractivity contribution < 1.29 is 19.5 Å². The van der Waals surface area contributed by atoms with Crippen LogP contribution in [0.5, 0.6) is 0 Å². The van der Waals surface area contributed by atoms with Crippen LogP contribution in [-0.4, -0.2) is 28.8 Å². The highest BCUT2D eigenvalue weighted by Gasteiger charge is 2.32. The van der Waals surface area contributed by atoms with Crippen molar-refractivity contribution >= 4 is 17.7 Å². The largest absolute Gasteiger partial charge is 0.480 e. The van der Waals surface area contributed by atoms with Gasteiger partial charge in [-0.15, -0.1) is 0 Å². The van der Waals surface area contributed by atoms with Crippen LogP contribution in [0.1, 0.15) is 6.92 Å². The molecule has 6 nitrogen and oxygen atoms in total. The summed E-state index contributed by atoms with van der Waals surface area (Å²) in [4.78, 5) is 31.5. The molecule has 0 heterocycles. The lowest BCUT2D eigenvalue weighted by Gasteiger charge is -2.13. The van der Waals surface area contributed by atoms with Crippen LogP contribution in [0, 0.1) is 5.92 Å². The van der Waals surface area contributed by atoms with E-state index in [-0.39, 0.29) is 0 Å². The Morgan fingerprint density at radius 3 is 1.83 bits per heavy atom. The van der Waals surface area contributed by atoms with Gasteiger partial charge in [0.05, 0.1) is 0 Å². The van der Waals surface area contributed by atoms with E-state index in [1.807, 2.05) is 0 Å². The first-order chi connectivity index (χ1) is 5.37. The second-order valence-corrected chi connectivity index (χ2v) is 2.35. The Hall–Kier alpha value is -1.43. The van der Waals surface area contributed by atoms with Crippen LogP contribution in [0.25, 0.3) is 0 Å². The minimum Gasteiger partial charge on any atom is -0.480 e. The summed E-state index contributed by atoms with van der Waals surface area (Å²) in [5.74, 6) is -4.52. The highest BCUT2D eigenvalue weighted by Crippen LogP contribution is 2.02. The van der Waals surface area contributed by atoms with E-state index in [2.05, 4.69) is 0 Å². The fourth-order valence-corrected chi connectivity index (χ4v) is 0.773. The zero-order chi connectivity index (χ0) is 9.89. The first kappa shape index (κ1) is 10.6. The van der Waals surface area contributed by atoms with E-state index in [1.165, 1.54) is 0 Å². The molecule has 0 aromatic carbocycles. The fraction of sp³-hybridized carbons (Fsp3) is 0.500. The molecule has 1 amide bonds. The van der Waals surface area contributed by atoms with Crippen molar-refractivity contribution in [3.63, 3.8) is 0 Å². The van der Waals surface area contributed by atoms with Gasteiger partial charge in [-0.25, -0.2) is 0 Å². The lowest BCUT2D eigenvalue weighted by molar-refractivity contribution is -0.145. The summed E-state index contributed by atoms with van der Waals surface area (Å²) in [6, 6.07) is -1.56. The number of nitrogens with two attached hydrogens (primary N) is 2. The number of ketones is 1. The molecule has 5 N–H and O–H groups in total. The fourth-order valence-electron chi connectivity index (χ4n) is 0.773. The minimum atomic E-state index is -1.56. The minimum absolute atomic E-state index is 0.641. The summed E-state index contributed by atoms with van der Waals surface area (Å²) < 4.78 is 0. The summed E-state index contributed by atoms with van der Waals surface area (Å²) >= 11 is 0. The van der Waals surface area contributed by atoms with Gasteiger partial charge < -0.3 is 16.6 Å². The molecule has 0 fully saturated rings. The Kier molecular flexibility index (Phi) is 3.36. The maximum atomic E-state index is 10.7. The molecule has 0 radical (unpaired) electrons. The van der Waals surface area contributed by atoms with Crippen molar-refractivity contribution in [3.8, 4) is 0 Å². The molecular formula is C6H10N2O4. The lowest BCUT2D eigenvalue weighted by atomic mass is 9.96. The molecule has 0 aliphatic carbocycles. The molecule has 12 heavy (non-hydrogen) atoms. The SMILES string of the molecule is CC(=O)C(C(N)=O)[C@H](N)C(=O)O. The third-order valence-electron chi connectivity index (χ3n) is 1.39. The smallest absolute Gasteiger partial charge is 0.321 e. The Balaban J connectivity index is 4.63. The van der Waals surface area contributed by atoms with E-state index in [9.17, 15) is 14.4 Å². The number of hydrogen-bond acceptors (Lipinski definition) is 4. The van der Waals surface area contributed by atoms with Crippen molar-refractivity contribution in [1.82, 2.24) is 0 Å². The highest BCUT2D eigenvalue weighted by atomic mass is 16.4. The third kappa shape index (κ3) is 2.31. The normalized spacial score (nSPS) is 14.8. The molecule has 0 saturated carbocycles. The summed E-state index contributed by atoms with van der Waals surface area (Å²) in [5, 5.41) is 8.37. The molecule has 2 atom stereocenters. The number of rotatable bonds is 4. The van der Waals surface area contributed by atoms with Crippen LogP contribution in [0.3, 0.4) is 0 Å². The molecule has 0 spiro atoms. The molecule has 0 saturated heterocycles. The number of Topliss-reactive ketones (excluding diaryl/α,β-unsaturated/α-hetero) is 1. The van der Waals surface area contributed by atoms with Crippen molar-refractivity contribution in [3.05, 3.63) is 0 Å². The molecule has 0 aliphatic heterocycles. The predicted molar refractivity (Wildman–Crippen MR) is 39.0 cm³/mol. The van der Waals surface area contributed by atoms with Crippen LogP contribution in [0.15, 0.2) is 0 Å². The van der Waals surface area contributed by atoms with Gasteiger partial charge in [-0.05, 0) is 6.92 Å².